The molecule has 142 valence electrons. The highest BCUT2D eigenvalue weighted by Crippen LogP contribution is 2.29. The molecule has 0 bridgehead atoms. The molecule has 3 unspecified atom stereocenters. The molecule has 1 saturated heterocycles. The van der Waals surface area contributed by atoms with Gasteiger partial charge in [0.1, 0.15) is 12.2 Å². The van der Waals surface area contributed by atoms with Gasteiger partial charge in [-0.15, -0.1) is 0 Å². The molecule has 0 aromatic carbocycles. The summed E-state index contributed by atoms with van der Waals surface area (Å²) in [6, 6.07) is 0. The summed E-state index contributed by atoms with van der Waals surface area (Å²) >= 11 is 0. The molecule has 0 saturated carbocycles. The molecule has 4 heteroatoms. The Kier molecular flexibility index (Phi) is 12.0. The minimum absolute atomic E-state index is 0.0550. The number of allylic oxidation sites excluding steroid dienone is 4. The first kappa shape index (κ1) is 21.7. The van der Waals surface area contributed by atoms with Crippen molar-refractivity contribution in [3.8, 4) is 0 Å². The molecule has 0 aliphatic carbocycles. The maximum absolute atomic E-state index is 10.9. The van der Waals surface area contributed by atoms with Crippen molar-refractivity contribution in [3.05, 3.63) is 36.5 Å². The van der Waals surface area contributed by atoms with E-state index in [2.05, 4.69) is 29.9 Å². The Bertz CT molecular complexity index is 439. The maximum atomic E-state index is 10.9. The molecule has 25 heavy (non-hydrogen) atoms. The highest BCUT2D eigenvalue weighted by atomic mass is 16.6. The zero-order chi connectivity index (χ0) is 18.3. The lowest BCUT2D eigenvalue weighted by atomic mass is 10.1. The van der Waals surface area contributed by atoms with Gasteiger partial charge >= 0.3 is 5.97 Å². The molecule has 1 heterocycles. The topological polar surface area (TPSA) is 59.1 Å². The van der Waals surface area contributed by atoms with Crippen molar-refractivity contribution in [2.45, 2.75) is 83.0 Å². The summed E-state index contributed by atoms with van der Waals surface area (Å²) in [7, 11) is 1.41. The Labute approximate surface area is 152 Å². The van der Waals surface area contributed by atoms with Crippen LogP contribution >= 0.6 is 0 Å². The summed E-state index contributed by atoms with van der Waals surface area (Å²) in [5.41, 5.74) is 0. The van der Waals surface area contributed by atoms with Gasteiger partial charge in [0.05, 0.1) is 13.2 Å². The first-order chi connectivity index (χ1) is 12.2. The summed E-state index contributed by atoms with van der Waals surface area (Å²) in [4.78, 5) is 10.9. The van der Waals surface area contributed by atoms with Crippen LogP contribution in [0.2, 0.25) is 0 Å². The van der Waals surface area contributed by atoms with Gasteiger partial charge in [0, 0.05) is 6.42 Å². The average molecular weight is 350 g/mol. The van der Waals surface area contributed by atoms with Crippen LogP contribution in [-0.4, -0.2) is 36.5 Å². The van der Waals surface area contributed by atoms with Crippen molar-refractivity contribution >= 4 is 5.97 Å². The lowest BCUT2D eigenvalue weighted by molar-refractivity contribution is -0.140. The summed E-state index contributed by atoms with van der Waals surface area (Å²) in [5.74, 6) is -0.161. The standard InChI is InChI=1S/C21H34O4/c1-3-4-5-6-10-13-16-19-21(25-19)18(22)15-12-9-7-8-11-14-17-20(23)24-2/h7-8,10,12-13,15,18-19,21-22H,3-6,9,11,14,16-17H2,1-2H3. The summed E-state index contributed by atoms with van der Waals surface area (Å²) in [6.07, 6.45) is 20.6. The van der Waals surface area contributed by atoms with Crippen molar-refractivity contribution in [2.75, 3.05) is 7.11 Å². The van der Waals surface area contributed by atoms with E-state index >= 15 is 0 Å². The summed E-state index contributed by atoms with van der Waals surface area (Å²) in [6.45, 7) is 2.21. The van der Waals surface area contributed by atoms with Crippen molar-refractivity contribution in [3.63, 3.8) is 0 Å². The Morgan fingerprint density at radius 3 is 2.64 bits per heavy atom. The van der Waals surface area contributed by atoms with Gasteiger partial charge in [-0.1, -0.05) is 56.2 Å². The van der Waals surface area contributed by atoms with Crippen LogP contribution in [-0.2, 0) is 14.3 Å². The number of hydrogen-bond acceptors (Lipinski definition) is 4. The van der Waals surface area contributed by atoms with Gasteiger partial charge in [0.15, 0.2) is 0 Å². The number of hydrogen-bond donors (Lipinski definition) is 1. The van der Waals surface area contributed by atoms with E-state index in [1.807, 2.05) is 18.2 Å². The van der Waals surface area contributed by atoms with Crippen molar-refractivity contribution in [1.82, 2.24) is 0 Å². The number of carbonyl (C=O) groups excluding carboxylic acids is 1. The van der Waals surface area contributed by atoms with Gasteiger partial charge in [-0.3, -0.25) is 4.79 Å². The van der Waals surface area contributed by atoms with Crippen molar-refractivity contribution < 1.29 is 19.4 Å². The van der Waals surface area contributed by atoms with Crippen LogP contribution in [0.1, 0.15) is 64.7 Å². The lowest BCUT2D eigenvalue weighted by Crippen LogP contribution is -2.13. The lowest BCUT2D eigenvalue weighted by Gasteiger charge is -1.99. The molecule has 4 nitrogen and oxygen atoms in total. The molecular formula is C21H34O4. The van der Waals surface area contributed by atoms with E-state index in [0.29, 0.717) is 6.42 Å². The van der Waals surface area contributed by atoms with Crippen LogP contribution in [0, 0.1) is 0 Å². The zero-order valence-electron chi connectivity index (χ0n) is 15.7. The summed E-state index contributed by atoms with van der Waals surface area (Å²) in [5, 5.41) is 10.0. The predicted molar refractivity (Wildman–Crippen MR) is 101 cm³/mol. The van der Waals surface area contributed by atoms with Crippen LogP contribution in [0.3, 0.4) is 0 Å². The maximum Gasteiger partial charge on any atom is 0.305 e. The molecule has 0 aromatic rings. The van der Waals surface area contributed by atoms with Crippen LogP contribution in [0.4, 0.5) is 0 Å². The molecule has 0 amide bonds. The van der Waals surface area contributed by atoms with E-state index in [1.54, 1.807) is 0 Å². The van der Waals surface area contributed by atoms with E-state index in [9.17, 15) is 9.90 Å². The van der Waals surface area contributed by atoms with Crippen LogP contribution in [0.25, 0.3) is 0 Å². The number of ether oxygens (including phenoxy) is 2. The zero-order valence-corrected chi connectivity index (χ0v) is 15.7. The van der Waals surface area contributed by atoms with Gasteiger partial charge in [-0.05, 0) is 38.5 Å². The number of esters is 1. The predicted octanol–water partition coefficient (Wildman–Crippen LogP) is 4.49. The first-order valence-electron chi connectivity index (χ1n) is 9.56. The van der Waals surface area contributed by atoms with Crippen LogP contribution < -0.4 is 0 Å². The number of methoxy groups -OCH3 is 1. The largest absolute Gasteiger partial charge is 0.469 e. The smallest absolute Gasteiger partial charge is 0.305 e. The third kappa shape index (κ3) is 11.0. The normalized spacial score (nSPS) is 21.4. The fraction of sp³-hybridized carbons (Fsp3) is 0.667. The SMILES string of the molecule is CCCCCC=CCC1OC1C(O)C=CCC=CCCCC(=O)OC. The van der Waals surface area contributed by atoms with Gasteiger partial charge in [-0.2, -0.15) is 0 Å². The number of rotatable bonds is 14. The third-order valence-corrected chi connectivity index (χ3v) is 4.22. The molecule has 1 aliphatic rings. The third-order valence-electron chi connectivity index (χ3n) is 4.22. The second kappa shape index (κ2) is 13.9. The number of carbonyl (C=O) groups is 1. The number of epoxide rings is 1. The second-order valence-corrected chi connectivity index (χ2v) is 6.44. The van der Waals surface area contributed by atoms with Gasteiger partial charge in [-0.25, -0.2) is 0 Å². The fourth-order valence-electron chi connectivity index (χ4n) is 2.59. The van der Waals surface area contributed by atoms with E-state index in [-0.39, 0.29) is 18.2 Å². The number of aliphatic hydroxyl groups is 1. The van der Waals surface area contributed by atoms with E-state index in [1.165, 1.54) is 26.4 Å². The minimum atomic E-state index is -0.522. The molecule has 1 rings (SSSR count). The highest BCUT2D eigenvalue weighted by molar-refractivity contribution is 5.69. The Hall–Kier alpha value is -1.39. The molecule has 1 fully saturated rings. The molecule has 0 spiro atoms. The molecule has 1 aliphatic heterocycles. The number of aliphatic hydroxyl groups excluding tert-OH is 1. The van der Waals surface area contributed by atoms with Gasteiger partial charge in [0.25, 0.3) is 0 Å². The van der Waals surface area contributed by atoms with Gasteiger partial charge in [0.2, 0.25) is 0 Å². The quantitative estimate of drug-likeness (QED) is 0.217. The fourth-order valence-corrected chi connectivity index (χ4v) is 2.59. The van der Waals surface area contributed by atoms with E-state index < -0.39 is 6.10 Å². The summed E-state index contributed by atoms with van der Waals surface area (Å²) < 4.78 is 10.1. The Morgan fingerprint density at radius 1 is 1.12 bits per heavy atom. The second-order valence-electron chi connectivity index (χ2n) is 6.44. The molecule has 0 aromatic heterocycles. The van der Waals surface area contributed by atoms with E-state index in [4.69, 9.17) is 4.74 Å². The highest BCUT2D eigenvalue weighted by Gasteiger charge is 2.42. The molecule has 3 atom stereocenters. The molecule has 1 N–H and O–H groups in total. The molecular weight excluding hydrogens is 316 g/mol. The first-order valence-corrected chi connectivity index (χ1v) is 9.56. The minimum Gasteiger partial charge on any atom is -0.469 e. The van der Waals surface area contributed by atoms with Crippen LogP contribution in [0.15, 0.2) is 36.5 Å². The monoisotopic (exact) mass is 350 g/mol. The van der Waals surface area contributed by atoms with Crippen molar-refractivity contribution in [2.24, 2.45) is 0 Å². The van der Waals surface area contributed by atoms with Crippen molar-refractivity contribution in [1.29, 1.82) is 0 Å². The molecule has 0 radical (unpaired) electrons. The Morgan fingerprint density at radius 2 is 1.88 bits per heavy atom. The number of unbranched alkanes of at least 4 members (excludes halogenated alkanes) is 4. The van der Waals surface area contributed by atoms with Gasteiger partial charge < -0.3 is 14.6 Å². The average Bonchev–Trinajstić information content (AvgIpc) is 3.39. The Balaban J connectivity index is 2.04. The van der Waals surface area contributed by atoms with Crippen LogP contribution in [0.5, 0.6) is 0 Å². The van der Waals surface area contributed by atoms with E-state index in [0.717, 1.165) is 32.1 Å².